The van der Waals surface area contributed by atoms with E-state index in [2.05, 4.69) is 55.5 Å². The molecule has 11 heteroatoms. The maximum absolute atomic E-state index is 14.7. The van der Waals surface area contributed by atoms with E-state index in [9.17, 15) is 9.18 Å². The first-order chi connectivity index (χ1) is 17.7. The summed E-state index contributed by atoms with van der Waals surface area (Å²) in [7, 11) is 0. The highest BCUT2D eigenvalue weighted by atomic mass is 32.1. The van der Waals surface area contributed by atoms with Crippen molar-refractivity contribution in [3.8, 4) is 10.6 Å². The van der Waals surface area contributed by atoms with Crippen LogP contribution in [0, 0.1) is 18.2 Å². The fourth-order valence-electron chi connectivity index (χ4n) is 5.45. The number of pyridine rings is 1. The van der Waals surface area contributed by atoms with E-state index in [1.54, 1.807) is 18.3 Å². The highest BCUT2D eigenvalue weighted by Crippen LogP contribution is 2.40. The van der Waals surface area contributed by atoms with Crippen LogP contribution in [0.4, 0.5) is 16.2 Å². The van der Waals surface area contributed by atoms with Crippen LogP contribution >= 0.6 is 11.3 Å². The molecule has 0 bridgehead atoms. The number of nitrogens with zero attached hydrogens (tertiary/aromatic N) is 7. The van der Waals surface area contributed by atoms with Crippen molar-refractivity contribution in [3.05, 3.63) is 47.8 Å². The van der Waals surface area contributed by atoms with Crippen molar-refractivity contribution in [1.82, 2.24) is 34.3 Å². The van der Waals surface area contributed by atoms with E-state index >= 15 is 0 Å². The van der Waals surface area contributed by atoms with Crippen molar-refractivity contribution in [1.29, 1.82) is 0 Å². The van der Waals surface area contributed by atoms with Crippen LogP contribution in [0.25, 0.3) is 20.9 Å². The van der Waals surface area contributed by atoms with Gasteiger partial charge in [-0.2, -0.15) is 0 Å². The van der Waals surface area contributed by atoms with Gasteiger partial charge in [0.25, 0.3) is 5.91 Å². The van der Waals surface area contributed by atoms with Crippen molar-refractivity contribution < 1.29 is 9.18 Å². The van der Waals surface area contributed by atoms with Crippen LogP contribution in [0.3, 0.4) is 0 Å². The van der Waals surface area contributed by atoms with Crippen LogP contribution in [-0.4, -0.2) is 72.9 Å². The summed E-state index contributed by atoms with van der Waals surface area (Å²) in [5, 5.41) is 3.03. The van der Waals surface area contributed by atoms with E-state index in [4.69, 9.17) is 0 Å². The van der Waals surface area contributed by atoms with Crippen molar-refractivity contribution in [2.45, 2.75) is 33.7 Å². The van der Waals surface area contributed by atoms with Crippen LogP contribution in [-0.2, 0) is 0 Å². The van der Waals surface area contributed by atoms with Crippen LogP contribution in [0.2, 0.25) is 0 Å². The number of rotatable bonds is 6. The summed E-state index contributed by atoms with van der Waals surface area (Å²) in [6.45, 7) is 13.2. The molecule has 0 saturated carbocycles. The van der Waals surface area contributed by atoms with Crippen LogP contribution in [0.15, 0.2) is 30.6 Å². The van der Waals surface area contributed by atoms with Gasteiger partial charge in [0.2, 0.25) is 5.95 Å². The predicted octanol–water partition coefficient (Wildman–Crippen LogP) is 4.50. The molecule has 6 heterocycles. The van der Waals surface area contributed by atoms with E-state index in [-0.39, 0.29) is 23.6 Å². The Morgan fingerprint density at radius 1 is 1.16 bits per heavy atom. The minimum Gasteiger partial charge on any atom is -0.337 e. The highest BCUT2D eigenvalue weighted by molar-refractivity contribution is 7.21. The number of hydrogen-bond acceptors (Lipinski definition) is 8. The highest BCUT2D eigenvalue weighted by Gasteiger charge is 2.52. The number of halogens is 1. The van der Waals surface area contributed by atoms with Crippen molar-refractivity contribution in [3.63, 3.8) is 0 Å². The molecule has 4 aromatic heterocycles. The maximum Gasteiger partial charge on any atom is 0.255 e. The average molecular weight is 521 g/mol. The number of aryl methyl sites for hydroxylation is 1. The third-order valence-electron chi connectivity index (χ3n) is 7.19. The Balaban J connectivity index is 1.16. The Bertz CT molecular complexity index is 1480. The Morgan fingerprint density at radius 3 is 2.62 bits per heavy atom. The molecule has 1 N–H and O–H groups in total. The number of nitrogens with one attached hydrogen (secondary N) is 1. The number of aromatic nitrogens is 5. The lowest BCUT2D eigenvalue weighted by atomic mass is 9.72. The molecular formula is C26H29FN8OS. The van der Waals surface area contributed by atoms with Gasteiger partial charge in [0.05, 0.1) is 16.6 Å². The maximum atomic E-state index is 14.7. The third kappa shape index (κ3) is 4.15. The lowest BCUT2D eigenvalue weighted by molar-refractivity contribution is -0.0958. The van der Waals surface area contributed by atoms with Gasteiger partial charge in [-0.3, -0.25) is 4.79 Å². The minimum atomic E-state index is -0.503. The van der Waals surface area contributed by atoms with Crippen LogP contribution in [0.5, 0.6) is 0 Å². The lowest BCUT2D eigenvalue weighted by Gasteiger charge is -2.60. The number of amides is 1. The number of anilines is 2. The summed E-state index contributed by atoms with van der Waals surface area (Å²) in [4.78, 5) is 36.3. The average Bonchev–Trinajstić information content (AvgIpc) is 3.35. The Morgan fingerprint density at radius 2 is 1.95 bits per heavy atom. The van der Waals surface area contributed by atoms with Gasteiger partial charge < -0.3 is 19.7 Å². The van der Waals surface area contributed by atoms with E-state index in [0.29, 0.717) is 21.7 Å². The van der Waals surface area contributed by atoms with E-state index in [1.807, 2.05) is 17.9 Å². The number of carbonyl (C=O) groups is 1. The molecule has 1 spiro atoms. The molecule has 2 saturated heterocycles. The first-order valence-corrected chi connectivity index (χ1v) is 13.3. The van der Waals surface area contributed by atoms with Gasteiger partial charge in [-0.25, -0.2) is 24.3 Å². The zero-order valence-electron chi connectivity index (χ0n) is 21.3. The molecular weight excluding hydrogens is 491 g/mol. The van der Waals surface area contributed by atoms with E-state index < -0.39 is 5.82 Å². The molecule has 2 aliphatic rings. The fraction of sp³-hybridized carbons (Fsp3) is 0.423. The second kappa shape index (κ2) is 8.84. The van der Waals surface area contributed by atoms with E-state index in [1.165, 1.54) is 11.3 Å². The molecule has 0 aliphatic carbocycles. The second-order valence-electron chi connectivity index (χ2n) is 10.3. The van der Waals surface area contributed by atoms with Gasteiger partial charge in [-0.15, -0.1) is 11.3 Å². The molecule has 2 aliphatic heterocycles. The summed E-state index contributed by atoms with van der Waals surface area (Å²) >= 11 is 1.46. The van der Waals surface area contributed by atoms with Gasteiger partial charge in [0.1, 0.15) is 27.7 Å². The number of hydrogen-bond donors (Lipinski definition) is 1. The summed E-state index contributed by atoms with van der Waals surface area (Å²) in [6, 6.07) is 5.58. The molecule has 2 fully saturated rings. The predicted molar refractivity (Wildman–Crippen MR) is 142 cm³/mol. The standard InChI is InChI=1S/C26H29FN8OS/c1-5-33-11-26(12-33)13-34(14-26)23(36)17-6-7-21(28-9-17)31-25-29-10-18(27)22(32-25)20-8-19-24(37-20)35(15(2)3)16(4)30-19/h6-10,15H,5,11-14H2,1-4H3,(H,28,29,31,32). The summed E-state index contributed by atoms with van der Waals surface area (Å²) in [5.74, 6) is 1.14. The van der Waals surface area contributed by atoms with Crippen LogP contribution in [0.1, 0.15) is 43.0 Å². The zero-order valence-corrected chi connectivity index (χ0v) is 22.1. The lowest BCUT2D eigenvalue weighted by Crippen LogP contribution is -2.72. The molecule has 4 aromatic rings. The molecule has 0 unspecified atom stereocenters. The van der Waals surface area contributed by atoms with E-state index in [0.717, 1.165) is 55.1 Å². The molecule has 37 heavy (non-hydrogen) atoms. The Hall–Kier alpha value is -3.44. The van der Waals surface area contributed by atoms with Gasteiger partial charge >= 0.3 is 0 Å². The van der Waals surface area contributed by atoms with Gasteiger partial charge in [-0.1, -0.05) is 6.92 Å². The van der Waals surface area contributed by atoms with Gasteiger partial charge in [-0.05, 0) is 45.5 Å². The largest absolute Gasteiger partial charge is 0.337 e. The summed E-state index contributed by atoms with van der Waals surface area (Å²) < 4.78 is 16.9. The molecule has 6 rings (SSSR count). The smallest absolute Gasteiger partial charge is 0.255 e. The number of thiophene rings is 1. The molecule has 9 nitrogen and oxygen atoms in total. The second-order valence-corrected chi connectivity index (χ2v) is 11.4. The molecule has 1 amide bonds. The molecule has 0 aromatic carbocycles. The number of likely N-dealkylation sites (tertiary alicyclic amines) is 2. The molecule has 0 radical (unpaired) electrons. The first kappa shape index (κ1) is 23.9. The van der Waals surface area contributed by atoms with Gasteiger partial charge in [0.15, 0.2) is 5.82 Å². The Kier molecular flexibility index (Phi) is 5.72. The van der Waals surface area contributed by atoms with Crippen LogP contribution < -0.4 is 5.32 Å². The molecule has 0 atom stereocenters. The first-order valence-electron chi connectivity index (χ1n) is 12.5. The van der Waals surface area contributed by atoms with Crippen molar-refractivity contribution in [2.75, 3.05) is 38.0 Å². The third-order valence-corrected chi connectivity index (χ3v) is 8.32. The quantitative estimate of drug-likeness (QED) is 0.400. The monoisotopic (exact) mass is 520 g/mol. The van der Waals surface area contributed by atoms with Gasteiger partial charge in [0, 0.05) is 43.8 Å². The zero-order chi connectivity index (χ0) is 25.9. The molecule has 192 valence electrons. The number of fused-ring (bicyclic) bond motifs is 1. The SMILES string of the molecule is CCN1CC2(C1)CN(C(=O)c1ccc(Nc3ncc(F)c(-c4cc5nc(C)n(C(C)C)c5s4)n3)nc1)C2. The number of carbonyl (C=O) groups excluding carboxylic acids is 1. The number of imidazole rings is 1. The summed E-state index contributed by atoms with van der Waals surface area (Å²) in [6.07, 6.45) is 2.71. The van der Waals surface area contributed by atoms with Crippen molar-refractivity contribution >= 4 is 39.4 Å². The minimum absolute atomic E-state index is 0.000905. The summed E-state index contributed by atoms with van der Waals surface area (Å²) in [5.41, 5.74) is 1.88. The fourth-order valence-corrected chi connectivity index (χ4v) is 6.72. The Labute approximate surface area is 218 Å². The topological polar surface area (TPSA) is 92.1 Å². The normalized spacial score (nSPS) is 16.9. The van der Waals surface area contributed by atoms with Crippen molar-refractivity contribution in [2.24, 2.45) is 5.41 Å².